The predicted molar refractivity (Wildman–Crippen MR) is 98.5 cm³/mol. The third-order valence-electron chi connectivity index (χ3n) is 4.50. The molecule has 1 amide bonds. The molecule has 0 radical (unpaired) electrons. The van der Waals surface area contributed by atoms with Gasteiger partial charge in [-0.3, -0.25) is 9.20 Å². The van der Waals surface area contributed by atoms with Gasteiger partial charge in [-0.15, -0.1) is 10.2 Å². The van der Waals surface area contributed by atoms with Crippen LogP contribution in [0.15, 0.2) is 59.9 Å². The second-order valence-corrected chi connectivity index (χ2v) is 7.28. The molecule has 0 saturated carbocycles. The van der Waals surface area contributed by atoms with Crippen molar-refractivity contribution < 1.29 is 4.79 Å². The van der Waals surface area contributed by atoms with Gasteiger partial charge in [0.05, 0.1) is 0 Å². The largest absolute Gasteiger partial charge is 0.341 e. The topological polar surface area (TPSA) is 50.5 Å². The first-order valence-electron chi connectivity index (χ1n) is 8.63. The number of carbonyl (C=O) groups is 1. The number of piperidine rings is 1. The second kappa shape index (κ2) is 7.27. The van der Waals surface area contributed by atoms with Crippen molar-refractivity contribution in [3.05, 3.63) is 60.3 Å². The lowest BCUT2D eigenvalue weighted by Gasteiger charge is -2.30. The fourth-order valence-electron chi connectivity index (χ4n) is 3.17. The predicted octanol–water partition coefficient (Wildman–Crippen LogP) is 3.58. The van der Waals surface area contributed by atoms with E-state index >= 15 is 0 Å². The Hall–Kier alpha value is -2.34. The molecule has 1 aliphatic heterocycles. The van der Waals surface area contributed by atoms with Gasteiger partial charge >= 0.3 is 0 Å². The zero-order valence-electron chi connectivity index (χ0n) is 13.9. The number of pyridine rings is 1. The number of carbonyl (C=O) groups excluding carboxylic acids is 1. The van der Waals surface area contributed by atoms with Gasteiger partial charge in [-0.1, -0.05) is 48.2 Å². The molecule has 1 aromatic carbocycles. The molecule has 6 heteroatoms. The van der Waals surface area contributed by atoms with Crippen LogP contribution in [-0.2, 0) is 4.79 Å². The number of nitrogens with zero attached hydrogens (tertiary/aromatic N) is 4. The summed E-state index contributed by atoms with van der Waals surface area (Å²) in [5.74, 6) is 0.170. The summed E-state index contributed by atoms with van der Waals surface area (Å²) in [6, 6.07) is 15.8. The van der Waals surface area contributed by atoms with Gasteiger partial charge in [-0.25, -0.2) is 0 Å². The second-order valence-electron chi connectivity index (χ2n) is 6.21. The summed E-state index contributed by atoms with van der Waals surface area (Å²) in [5.41, 5.74) is 1.80. The summed E-state index contributed by atoms with van der Waals surface area (Å²) in [6.07, 6.45) is 5.32. The van der Waals surface area contributed by atoms with Gasteiger partial charge in [-0.05, 0) is 37.0 Å². The van der Waals surface area contributed by atoms with Crippen LogP contribution in [0.3, 0.4) is 0 Å². The van der Waals surface area contributed by atoms with Gasteiger partial charge in [0.25, 0.3) is 0 Å². The molecular weight excluding hydrogens is 332 g/mol. The molecule has 2 aromatic heterocycles. The zero-order valence-corrected chi connectivity index (χ0v) is 14.7. The summed E-state index contributed by atoms with van der Waals surface area (Å²) >= 11 is 1.48. The quantitative estimate of drug-likeness (QED) is 0.674. The van der Waals surface area contributed by atoms with Crippen LogP contribution < -0.4 is 0 Å². The highest BCUT2D eigenvalue weighted by Crippen LogP contribution is 2.36. The van der Waals surface area contributed by atoms with Gasteiger partial charge in [-0.2, -0.15) is 0 Å². The summed E-state index contributed by atoms with van der Waals surface area (Å²) < 4.78 is 1.93. The van der Waals surface area contributed by atoms with Crippen molar-refractivity contribution >= 4 is 23.3 Å². The van der Waals surface area contributed by atoms with E-state index in [-0.39, 0.29) is 11.2 Å². The average Bonchev–Trinajstić information content (AvgIpc) is 3.10. The first kappa shape index (κ1) is 16.1. The van der Waals surface area contributed by atoms with Crippen LogP contribution in [0, 0.1) is 0 Å². The van der Waals surface area contributed by atoms with E-state index < -0.39 is 0 Å². The Morgan fingerprint density at radius 2 is 1.72 bits per heavy atom. The number of amides is 1. The number of rotatable bonds is 4. The van der Waals surface area contributed by atoms with Crippen molar-refractivity contribution in [2.24, 2.45) is 0 Å². The average molecular weight is 352 g/mol. The Morgan fingerprint density at radius 3 is 2.52 bits per heavy atom. The first-order chi connectivity index (χ1) is 12.3. The molecule has 1 atom stereocenters. The van der Waals surface area contributed by atoms with E-state index in [2.05, 4.69) is 10.2 Å². The first-order valence-corrected chi connectivity index (χ1v) is 9.51. The fraction of sp³-hybridized carbons (Fsp3) is 0.316. The fourth-order valence-corrected chi connectivity index (χ4v) is 4.28. The lowest BCUT2D eigenvalue weighted by Crippen LogP contribution is -2.38. The standard InChI is InChI=1S/C19H20N4OS/c24-18(22-12-6-2-7-13-22)17(15-9-3-1-4-10-15)25-19-21-20-16-11-5-8-14-23(16)19/h1,3-5,8-11,14,17H,2,6-7,12-13H2. The Kier molecular flexibility index (Phi) is 4.70. The Labute approximate surface area is 151 Å². The minimum absolute atomic E-state index is 0.170. The van der Waals surface area contributed by atoms with Crippen LogP contribution in [0.5, 0.6) is 0 Å². The summed E-state index contributed by atoms with van der Waals surface area (Å²) in [4.78, 5) is 15.2. The molecule has 1 saturated heterocycles. The zero-order chi connectivity index (χ0) is 17.1. The molecule has 1 aliphatic rings. The lowest BCUT2D eigenvalue weighted by atomic mass is 10.1. The van der Waals surface area contributed by atoms with Crippen LogP contribution in [0.25, 0.3) is 5.65 Å². The Balaban J connectivity index is 1.66. The number of aromatic nitrogens is 3. The van der Waals surface area contributed by atoms with E-state index in [1.165, 1.54) is 18.2 Å². The van der Waals surface area contributed by atoms with Crippen molar-refractivity contribution in [1.29, 1.82) is 0 Å². The molecule has 128 valence electrons. The minimum Gasteiger partial charge on any atom is -0.341 e. The monoisotopic (exact) mass is 352 g/mol. The van der Waals surface area contributed by atoms with Crippen LogP contribution in [0.2, 0.25) is 0 Å². The van der Waals surface area contributed by atoms with Crippen molar-refractivity contribution in [3.63, 3.8) is 0 Å². The Bertz CT molecular complexity index is 858. The SMILES string of the molecule is O=C(C(Sc1nnc2ccccn12)c1ccccc1)N1CCCCC1. The third-order valence-corrected chi connectivity index (χ3v) is 5.70. The van der Waals surface area contributed by atoms with Crippen molar-refractivity contribution in [2.75, 3.05) is 13.1 Å². The van der Waals surface area contributed by atoms with E-state index in [4.69, 9.17) is 0 Å². The maximum atomic E-state index is 13.2. The molecule has 5 nitrogen and oxygen atoms in total. The number of thioether (sulfide) groups is 1. The normalized spacial score (nSPS) is 16.1. The van der Waals surface area contributed by atoms with E-state index in [0.717, 1.165) is 42.3 Å². The van der Waals surface area contributed by atoms with Crippen LogP contribution in [0.1, 0.15) is 30.1 Å². The molecule has 4 rings (SSSR count). The van der Waals surface area contributed by atoms with E-state index in [9.17, 15) is 4.79 Å². The van der Waals surface area contributed by atoms with Crippen molar-refractivity contribution in [1.82, 2.24) is 19.5 Å². The van der Waals surface area contributed by atoms with Gasteiger partial charge in [0.2, 0.25) is 5.91 Å². The van der Waals surface area contributed by atoms with Crippen molar-refractivity contribution in [3.8, 4) is 0 Å². The third kappa shape index (κ3) is 3.39. The Morgan fingerprint density at radius 1 is 0.960 bits per heavy atom. The van der Waals surface area contributed by atoms with Crippen molar-refractivity contribution in [2.45, 2.75) is 29.7 Å². The molecule has 1 fully saturated rings. The van der Waals surface area contributed by atoms with Crippen LogP contribution in [0.4, 0.5) is 0 Å². The highest BCUT2D eigenvalue weighted by Gasteiger charge is 2.29. The van der Waals surface area contributed by atoms with E-state index in [0.29, 0.717) is 0 Å². The van der Waals surface area contributed by atoms with Gasteiger partial charge in [0.1, 0.15) is 5.25 Å². The smallest absolute Gasteiger partial charge is 0.240 e. The molecule has 3 heterocycles. The highest BCUT2D eigenvalue weighted by molar-refractivity contribution is 8.00. The molecule has 0 bridgehead atoms. The number of hydrogen-bond donors (Lipinski definition) is 0. The highest BCUT2D eigenvalue weighted by atomic mass is 32.2. The van der Waals surface area contributed by atoms with Gasteiger partial charge in [0.15, 0.2) is 10.8 Å². The molecular formula is C19H20N4OS. The number of hydrogen-bond acceptors (Lipinski definition) is 4. The molecule has 0 N–H and O–H groups in total. The maximum absolute atomic E-state index is 13.2. The summed E-state index contributed by atoms with van der Waals surface area (Å²) in [7, 11) is 0. The van der Waals surface area contributed by atoms with Crippen LogP contribution >= 0.6 is 11.8 Å². The molecule has 0 aliphatic carbocycles. The number of likely N-dealkylation sites (tertiary alicyclic amines) is 1. The minimum atomic E-state index is -0.299. The molecule has 1 unspecified atom stereocenters. The number of benzene rings is 1. The molecule has 3 aromatic rings. The summed E-state index contributed by atoms with van der Waals surface area (Å²) in [6.45, 7) is 1.70. The van der Waals surface area contributed by atoms with Gasteiger partial charge in [0, 0.05) is 19.3 Å². The van der Waals surface area contributed by atoms with Gasteiger partial charge < -0.3 is 4.90 Å². The number of fused-ring (bicyclic) bond motifs is 1. The molecule has 25 heavy (non-hydrogen) atoms. The van der Waals surface area contributed by atoms with Crippen LogP contribution in [-0.4, -0.2) is 38.5 Å². The van der Waals surface area contributed by atoms with E-state index in [1.54, 1.807) is 0 Å². The molecule has 0 spiro atoms. The summed E-state index contributed by atoms with van der Waals surface area (Å²) in [5, 5.41) is 8.94. The van der Waals surface area contributed by atoms with E-state index in [1.807, 2.05) is 64.0 Å². The maximum Gasteiger partial charge on any atom is 0.240 e. The lowest BCUT2D eigenvalue weighted by molar-refractivity contribution is -0.131.